The molecule has 1 rings (SSSR count). The number of hydrogen-bond acceptors (Lipinski definition) is 2. The molecule has 0 saturated heterocycles. The van der Waals surface area contributed by atoms with Crippen LogP contribution < -0.4 is 5.32 Å². The van der Waals surface area contributed by atoms with Crippen LogP contribution in [0.25, 0.3) is 0 Å². The van der Waals surface area contributed by atoms with Crippen LogP contribution in [-0.2, 0) is 4.79 Å². The fourth-order valence-corrected chi connectivity index (χ4v) is 1.53. The van der Waals surface area contributed by atoms with Crippen LogP contribution in [0.3, 0.4) is 0 Å². The predicted octanol–water partition coefficient (Wildman–Crippen LogP) is 2.19. The number of aryl methyl sites for hydroxylation is 1. The number of aromatic nitrogens is 1. The summed E-state index contributed by atoms with van der Waals surface area (Å²) in [6, 6.07) is 1.93. The average Bonchev–Trinajstić information content (AvgIpc) is 2.16. The van der Waals surface area contributed by atoms with E-state index in [2.05, 4.69) is 10.3 Å². The molecule has 0 bridgehead atoms. The molecular weight excluding hydrogens is 212 g/mol. The molecule has 1 aromatic rings. The van der Waals surface area contributed by atoms with Crippen molar-refractivity contribution >= 4 is 17.5 Å². The molecule has 15 heavy (non-hydrogen) atoms. The number of nitrogens with one attached hydrogen (secondary N) is 1. The zero-order chi connectivity index (χ0) is 11.4. The molecule has 1 N–H and O–H groups in total. The van der Waals surface area contributed by atoms with Gasteiger partial charge in [-0.3, -0.25) is 9.78 Å². The second-order valence-electron chi connectivity index (χ2n) is 3.76. The first-order valence-electron chi connectivity index (χ1n) is 4.87. The average molecular weight is 227 g/mol. The Morgan fingerprint density at radius 1 is 1.53 bits per heavy atom. The monoisotopic (exact) mass is 226 g/mol. The van der Waals surface area contributed by atoms with Crippen molar-refractivity contribution in [1.82, 2.24) is 10.3 Å². The third kappa shape index (κ3) is 3.20. The highest BCUT2D eigenvalue weighted by atomic mass is 35.5. The highest BCUT2D eigenvalue weighted by Crippen LogP contribution is 2.22. The Balaban J connectivity index is 2.81. The smallest absolute Gasteiger partial charge is 0.242 e. The number of carbonyl (C=O) groups is 1. The van der Waals surface area contributed by atoms with Crippen LogP contribution in [0.5, 0.6) is 0 Å². The predicted molar refractivity (Wildman–Crippen MR) is 60.8 cm³/mol. The van der Waals surface area contributed by atoms with Crippen molar-refractivity contribution in [1.29, 1.82) is 0 Å². The molecular formula is C11H15ClN2O. The molecule has 0 aliphatic rings. The van der Waals surface area contributed by atoms with Crippen molar-refractivity contribution in [2.75, 3.05) is 0 Å². The second-order valence-corrected chi connectivity index (χ2v) is 4.19. The Kier molecular flexibility index (Phi) is 4.09. The summed E-state index contributed by atoms with van der Waals surface area (Å²) in [6.07, 6.45) is 3.32. The van der Waals surface area contributed by atoms with E-state index in [0.29, 0.717) is 0 Å². The Labute approximate surface area is 94.9 Å². The molecule has 1 amide bonds. The highest BCUT2D eigenvalue weighted by Gasteiger charge is 2.19. The van der Waals surface area contributed by atoms with E-state index in [0.717, 1.165) is 11.1 Å². The van der Waals surface area contributed by atoms with Gasteiger partial charge in [-0.15, -0.1) is 11.6 Å². The van der Waals surface area contributed by atoms with Gasteiger partial charge in [0.1, 0.15) is 5.38 Å². The molecule has 0 aliphatic heterocycles. The van der Waals surface area contributed by atoms with E-state index in [4.69, 9.17) is 11.6 Å². The Morgan fingerprint density at radius 3 is 2.73 bits per heavy atom. The van der Waals surface area contributed by atoms with Gasteiger partial charge in [0.05, 0.1) is 0 Å². The summed E-state index contributed by atoms with van der Waals surface area (Å²) in [6.45, 7) is 5.71. The maximum atomic E-state index is 11.6. The normalized spacial score (nSPS) is 12.6. The summed E-state index contributed by atoms with van der Waals surface area (Å²) < 4.78 is 0. The molecule has 0 aromatic carbocycles. The Bertz CT molecular complexity index is 352. The zero-order valence-electron chi connectivity index (χ0n) is 9.12. The van der Waals surface area contributed by atoms with Crippen LogP contribution in [0.4, 0.5) is 0 Å². The minimum absolute atomic E-state index is 0.0933. The van der Waals surface area contributed by atoms with E-state index in [-0.39, 0.29) is 11.9 Å². The zero-order valence-corrected chi connectivity index (χ0v) is 9.88. The molecule has 1 aromatic heterocycles. The van der Waals surface area contributed by atoms with Crippen LogP contribution in [0.15, 0.2) is 18.5 Å². The van der Waals surface area contributed by atoms with E-state index < -0.39 is 5.38 Å². The number of nitrogens with zero attached hydrogens (tertiary/aromatic N) is 1. The van der Waals surface area contributed by atoms with Crippen LogP contribution in [-0.4, -0.2) is 16.9 Å². The molecule has 0 fully saturated rings. The van der Waals surface area contributed by atoms with Crippen LogP contribution >= 0.6 is 11.6 Å². The van der Waals surface area contributed by atoms with Crippen molar-refractivity contribution in [3.8, 4) is 0 Å². The molecule has 0 spiro atoms. The van der Waals surface area contributed by atoms with E-state index in [1.807, 2.05) is 26.8 Å². The van der Waals surface area contributed by atoms with Crippen molar-refractivity contribution in [3.63, 3.8) is 0 Å². The fourth-order valence-electron chi connectivity index (χ4n) is 1.24. The van der Waals surface area contributed by atoms with Crippen molar-refractivity contribution in [3.05, 3.63) is 29.6 Å². The lowest BCUT2D eigenvalue weighted by Gasteiger charge is -2.14. The maximum absolute atomic E-state index is 11.6. The maximum Gasteiger partial charge on any atom is 0.242 e. The summed E-state index contributed by atoms with van der Waals surface area (Å²) in [4.78, 5) is 15.6. The topological polar surface area (TPSA) is 42.0 Å². The van der Waals surface area contributed by atoms with Crippen LogP contribution in [0, 0.1) is 6.92 Å². The van der Waals surface area contributed by atoms with Gasteiger partial charge in [0.25, 0.3) is 0 Å². The standard InChI is InChI=1S/C11H15ClN2O/c1-7(2)14-11(15)10(12)9-6-13-5-4-8(9)3/h4-7,10H,1-3H3,(H,14,15). The summed E-state index contributed by atoms with van der Waals surface area (Å²) in [5.74, 6) is -0.178. The van der Waals surface area contributed by atoms with E-state index >= 15 is 0 Å². The molecule has 3 nitrogen and oxygen atoms in total. The molecule has 4 heteroatoms. The van der Waals surface area contributed by atoms with Gasteiger partial charge in [0, 0.05) is 24.0 Å². The molecule has 0 radical (unpaired) electrons. The summed E-state index contributed by atoms with van der Waals surface area (Å²) in [5, 5.41) is 2.10. The molecule has 0 saturated carbocycles. The first-order chi connectivity index (χ1) is 7.02. The number of alkyl halides is 1. The number of rotatable bonds is 3. The second kappa shape index (κ2) is 5.12. The van der Waals surface area contributed by atoms with Crippen LogP contribution in [0.1, 0.15) is 30.4 Å². The molecule has 1 atom stereocenters. The Morgan fingerprint density at radius 2 is 2.20 bits per heavy atom. The third-order valence-corrected chi connectivity index (χ3v) is 2.45. The number of pyridine rings is 1. The fraction of sp³-hybridized carbons (Fsp3) is 0.455. The number of carbonyl (C=O) groups excluding carboxylic acids is 1. The largest absolute Gasteiger partial charge is 0.352 e. The van der Waals surface area contributed by atoms with Gasteiger partial charge in [-0.1, -0.05) is 0 Å². The lowest BCUT2D eigenvalue weighted by molar-refractivity contribution is -0.121. The number of amides is 1. The Hall–Kier alpha value is -1.09. The number of halogens is 1. The lowest BCUT2D eigenvalue weighted by atomic mass is 10.1. The van der Waals surface area contributed by atoms with Gasteiger partial charge >= 0.3 is 0 Å². The molecule has 82 valence electrons. The minimum Gasteiger partial charge on any atom is -0.352 e. The van der Waals surface area contributed by atoms with Crippen molar-refractivity contribution in [2.45, 2.75) is 32.2 Å². The highest BCUT2D eigenvalue weighted by molar-refractivity contribution is 6.30. The molecule has 1 unspecified atom stereocenters. The van der Waals surface area contributed by atoms with Gasteiger partial charge < -0.3 is 5.32 Å². The van der Waals surface area contributed by atoms with E-state index in [1.165, 1.54) is 0 Å². The third-order valence-electron chi connectivity index (χ3n) is 2.01. The quantitative estimate of drug-likeness (QED) is 0.803. The van der Waals surface area contributed by atoms with Crippen molar-refractivity contribution in [2.24, 2.45) is 0 Å². The summed E-state index contributed by atoms with van der Waals surface area (Å²) in [7, 11) is 0. The summed E-state index contributed by atoms with van der Waals surface area (Å²) in [5.41, 5.74) is 1.74. The number of hydrogen-bond donors (Lipinski definition) is 1. The van der Waals surface area contributed by atoms with Gasteiger partial charge in [-0.2, -0.15) is 0 Å². The van der Waals surface area contributed by atoms with Crippen LogP contribution in [0.2, 0.25) is 0 Å². The van der Waals surface area contributed by atoms with Gasteiger partial charge in [0.2, 0.25) is 5.91 Å². The van der Waals surface area contributed by atoms with E-state index in [9.17, 15) is 4.79 Å². The lowest BCUT2D eigenvalue weighted by Crippen LogP contribution is -2.33. The minimum atomic E-state index is -0.666. The first kappa shape index (κ1) is 12.0. The summed E-state index contributed by atoms with van der Waals surface area (Å²) >= 11 is 6.05. The molecule has 1 heterocycles. The molecule has 0 aliphatic carbocycles. The van der Waals surface area contributed by atoms with Gasteiger partial charge in [-0.05, 0) is 32.4 Å². The van der Waals surface area contributed by atoms with Crippen molar-refractivity contribution < 1.29 is 4.79 Å². The first-order valence-corrected chi connectivity index (χ1v) is 5.31. The van der Waals surface area contributed by atoms with Gasteiger partial charge in [0.15, 0.2) is 0 Å². The van der Waals surface area contributed by atoms with E-state index in [1.54, 1.807) is 12.4 Å². The SMILES string of the molecule is Cc1ccncc1C(Cl)C(=O)NC(C)C. The van der Waals surface area contributed by atoms with Gasteiger partial charge in [-0.25, -0.2) is 0 Å².